The average Bonchev–Trinajstić information content (AvgIpc) is 2.59. The van der Waals surface area contributed by atoms with Crippen LogP contribution >= 0.6 is 23.2 Å². The highest BCUT2D eigenvalue weighted by Gasteiger charge is 2.23. The van der Waals surface area contributed by atoms with Crippen molar-refractivity contribution in [1.82, 2.24) is 9.55 Å². The third-order valence-electron chi connectivity index (χ3n) is 3.97. The molecule has 2 aromatic heterocycles. The minimum Gasteiger partial charge on any atom is -0.492 e. The number of fused-ring (bicyclic) bond motifs is 3. The second-order valence-electron chi connectivity index (χ2n) is 5.35. The van der Waals surface area contributed by atoms with Gasteiger partial charge in [-0.15, -0.1) is 0 Å². The molecule has 0 unspecified atom stereocenters. The standard InChI is InChI=1S/C17H12Cl2N2O2/c18-12-6-1-7-13(14(12)19)21-16-10(4-2-8-20-16)15-11(17(21)22)5-3-9-23-15/h1-2,4,6-8H,3,5,9H2. The first-order valence-electron chi connectivity index (χ1n) is 7.28. The highest BCUT2D eigenvalue weighted by Crippen LogP contribution is 2.34. The number of benzene rings is 1. The number of nitrogens with zero attached hydrogens (tertiary/aromatic N) is 2. The molecule has 4 rings (SSSR count). The largest absolute Gasteiger partial charge is 0.492 e. The van der Waals surface area contributed by atoms with Crippen LogP contribution in [0.2, 0.25) is 10.0 Å². The van der Waals surface area contributed by atoms with E-state index in [1.54, 1.807) is 24.4 Å². The van der Waals surface area contributed by atoms with Crippen molar-refractivity contribution >= 4 is 34.2 Å². The molecule has 116 valence electrons. The maximum atomic E-state index is 13.0. The summed E-state index contributed by atoms with van der Waals surface area (Å²) in [6.07, 6.45) is 3.14. The molecule has 0 saturated carbocycles. The zero-order valence-corrected chi connectivity index (χ0v) is 13.6. The van der Waals surface area contributed by atoms with Crippen LogP contribution < -0.4 is 10.3 Å². The van der Waals surface area contributed by atoms with Crippen molar-refractivity contribution in [3.05, 3.63) is 62.5 Å². The van der Waals surface area contributed by atoms with E-state index in [1.807, 2.05) is 12.1 Å². The summed E-state index contributed by atoms with van der Waals surface area (Å²) in [6.45, 7) is 0.609. The molecule has 1 aliphatic heterocycles. The quantitative estimate of drug-likeness (QED) is 0.668. The molecule has 3 aromatic rings. The van der Waals surface area contributed by atoms with E-state index >= 15 is 0 Å². The van der Waals surface area contributed by atoms with E-state index in [4.69, 9.17) is 27.9 Å². The monoisotopic (exact) mass is 346 g/mol. The van der Waals surface area contributed by atoms with Crippen molar-refractivity contribution < 1.29 is 4.74 Å². The Bertz CT molecular complexity index is 982. The fourth-order valence-corrected chi connectivity index (χ4v) is 3.32. The lowest BCUT2D eigenvalue weighted by molar-refractivity contribution is 0.290. The minimum absolute atomic E-state index is 0.157. The number of rotatable bonds is 1. The SMILES string of the molecule is O=c1c2c(c3cccnc3n1-c1cccc(Cl)c1Cl)OCCC2. The van der Waals surface area contributed by atoms with Gasteiger partial charge >= 0.3 is 0 Å². The molecule has 0 bridgehead atoms. The van der Waals surface area contributed by atoms with Crippen LogP contribution in [0.25, 0.3) is 16.7 Å². The fourth-order valence-electron chi connectivity index (χ4n) is 2.94. The molecule has 0 N–H and O–H groups in total. The van der Waals surface area contributed by atoms with Gasteiger partial charge in [0.1, 0.15) is 5.75 Å². The molecule has 6 heteroatoms. The molecular weight excluding hydrogens is 335 g/mol. The Labute approximate surface area is 142 Å². The molecule has 0 fully saturated rings. The summed E-state index contributed by atoms with van der Waals surface area (Å²) >= 11 is 12.5. The minimum atomic E-state index is -0.157. The Morgan fingerprint density at radius 1 is 1.17 bits per heavy atom. The topological polar surface area (TPSA) is 44.1 Å². The van der Waals surface area contributed by atoms with Gasteiger partial charge in [0.15, 0.2) is 5.65 Å². The van der Waals surface area contributed by atoms with E-state index < -0.39 is 0 Å². The van der Waals surface area contributed by atoms with Crippen LogP contribution in [0.3, 0.4) is 0 Å². The fraction of sp³-hybridized carbons (Fsp3) is 0.176. The third kappa shape index (κ3) is 2.21. The highest BCUT2D eigenvalue weighted by atomic mass is 35.5. The molecule has 0 radical (unpaired) electrons. The van der Waals surface area contributed by atoms with Gasteiger partial charge in [-0.25, -0.2) is 4.98 Å². The van der Waals surface area contributed by atoms with Crippen molar-refractivity contribution in [3.8, 4) is 11.4 Å². The number of hydrogen-bond acceptors (Lipinski definition) is 3. The van der Waals surface area contributed by atoms with E-state index in [-0.39, 0.29) is 5.56 Å². The van der Waals surface area contributed by atoms with Crippen LogP contribution in [0.1, 0.15) is 12.0 Å². The Kier molecular flexibility index (Phi) is 3.51. The zero-order chi connectivity index (χ0) is 16.0. The summed E-state index contributed by atoms with van der Waals surface area (Å²) in [6, 6.07) is 8.95. The molecule has 1 aromatic carbocycles. The first-order chi connectivity index (χ1) is 11.2. The normalized spacial score (nSPS) is 13.7. The Morgan fingerprint density at radius 2 is 2.04 bits per heavy atom. The molecule has 0 amide bonds. The van der Waals surface area contributed by atoms with E-state index in [9.17, 15) is 4.79 Å². The van der Waals surface area contributed by atoms with Gasteiger partial charge in [-0.2, -0.15) is 0 Å². The average molecular weight is 347 g/mol. The summed E-state index contributed by atoms with van der Waals surface area (Å²) in [5.41, 5.74) is 1.55. The molecule has 1 aliphatic rings. The van der Waals surface area contributed by atoms with Crippen LogP contribution in [0, 0.1) is 0 Å². The Hall–Kier alpha value is -2.04. The molecule has 4 nitrogen and oxygen atoms in total. The third-order valence-corrected chi connectivity index (χ3v) is 4.78. The summed E-state index contributed by atoms with van der Waals surface area (Å²) in [5.74, 6) is 0.638. The van der Waals surface area contributed by atoms with Crippen LogP contribution in [-0.2, 0) is 6.42 Å². The predicted octanol–water partition coefficient (Wildman–Crippen LogP) is 4.02. The van der Waals surface area contributed by atoms with Crippen molar-refractivity contribution in [2.45, 2.75) is 12.8 Å². The number of hydrogen-bond donors (Lipinski definition) is 0. The second kappa shape index (κ2) is 5.55. The lowest BCUT2D eigenvalue weighted by Gasteiger charge is -2.21. The molecule has 0 atom stereocenters. The van der Waals surface area contributed by atoms with Crippen molar-refractivity contribution in [3.63, 3.8) is 0 Å². The summed E-state index contributed by atoms with van der Waals surface area (Å²) in [4.78, 5) is 17.4. The number of ether oxygens (including phenoxy) is 1. The van der Waals surface area contributed by atoms with Gasteiger partial charge in [-0.3, -0.25) is 9.36 Å². The van der Waals surface area contributed by atoms with Gasteiger partial charge in [-0.1, -0.05) is 29.3 Å². The molecule has 23 heavy (non-hydrogen) atoms. The molecule has 0 saturated heterocycles. The van der Waals surface area contributed by atoms with Gasteiger partial charge in [-0.05, 0) is 37.1 Å². The van der Waals surface area contributed by atoms with E-state index in [0.29, 0.717) is 45.7 Å². The zero-order valence-electron chi connectivity index (χ0n) is 12.1. The lowest BCUT2D eigenvalue weighted by atomic mass is 10.1. The Morgan fingerprint density at radius 3 is 2.91 bits per heavy atom. The van der Waals surface area contributed by atoms with Gasteiger partial charge in [0.05, 0.1) is 33.3 Å². The second-order valence-corrected chi connectivity index (χ2v) is 6.13. The van der Waals surface area contributed by atoms with Crippen LogP contribution in [-0.4, -0.2) is 16.2 Å². The molecular formula is C17H12Cl2N2O2. The van der Waals surface area contributed by atoms with E-state index in [0.717, 1.165) is 11.8 Å². The number of pyridine rings is 2. The van der Waals surface area contributed by atoms with Crippen LogP contribution in [0.15, 0.2) is 41.3 Å². The van der Waals surface area contributed by atoms with E-state index in [1.165, 1.54) is 4.57 Å². The smallest absolute Gasteiger partial charge is 0.263 e. The molecule has 0 spiro atoms. The number of aromatic nitrogens is 2. The summed E-state index contributed by atoms with van der Waals surface area (Å²) < 4.78 is 7.27. The highest BCUT2D eigenvalue weighted by molar-refractivity contribution is 6.43. The molecule has 3 heterocycles. The van der Waals surface area contributed by atoms with Crippen molar-refractivity contribution in [1.29, 1.82) is 0 Å². The van der Waals surface area contributed by atoms with Crippen molar-refractivity contribution in [2.24, 2.45) is 0 Å². The van der Waals surface area contributed by atoms with Crippen LogP contribution in [0.5, 0.6) is 5.75 Å². The van der Waals surface area contributed by atoms with E-state index in [2.05, 4.69) is 4.98 Å². The first kappa shape index (κ1) is 14.5. The predicted molar refractivity (Wildman–Crippen MR) is 91.2 cm³/mol. The Balaban J connectivity index is 2.17. The van der Waals surface area contributed by atoms with Gasteiger partial charge in [0.2, 0.25) is 0 Å². The van der Waals surface area contributed by atoms with Gasteiger partial charge < -0.3 is 4.74 Å². The number of halogens is 2. The lowest BCUT2D eigenvalue weighted by Crippen LogP contribution is -2.27. The van der Waals surface area contributed by atoms with Crippen LogP contribution in [0.4, 0.5) is 0 Å². The summed E-state index contributed by atoms with van der Waals surface area (Å²) in [5, 5.41) is 1.53. The van der Waals surface area contributed by atoms with Gasteiger partial charge in [0.25, 0.3) is 5.56 Å². The first-order valence-corrected chi connectivity index (χ1v) is 8.04. The molecule has 0 aliphatic carbocycles. The summed E-state index contributed by atoms with van der Waals surface area (Å²) in [7, 11) is 0. The van der Waals surface area contributed by atoms with Gasteiger partial charge in [0, 0.05) is 6.20 Å². The maximum absolute atomic E-state index is 13.0. The maximum Gasteiger partial charge on any atom is 0.263 e. The van der Waals surface area contributed by atoms with Crippen molar-refractivity contribution in [2.75, 3.05) is 6.61 Å².